The van der Waals surface area contributed by atoms with Gasteiger partial charge in [0.05, 0.1) is 16.9 Å². The fourth-order valence-electron chi connectivity index (χ4n) is 4.69. The van der Waals surface area contributed by atoms with Gasteiger partial charge in [0, 0.05) is 55.2 Å². The van der Waals surface area contributed by atoms with Crippen LogP contribution in [0.5, 0.6) is 0 Å². The molecule has 0 aromatic carbocycles. The number of hydrogen-bond acceptors (Lipinski definition) is 9. The van der Waals surface area contributed by atoms with Crippen LogP contribution in [0.2, 0.25) is 0 Å². The van der Waals surface area contributed by atoms with E-state index in [4.69, 9.17) is 11.5 Å². The molecule has 0 spiro atoms. The van der Waals surface area contributed by atoms with Crippen LogP contribution in [0.4, 0.5) is 24.7 Å². The van der Waals surface area contributed by atoms with Crippen LogP contribution in [-0.4, -0.2) is 51.6 Å². The lowest BCUT2D eigenvalue weighted by atomic mass is 10.0. The molecule has 5 heterocycles. The lowest BCUT2D eigenvalue weighted by molar-refractivity contribution is -0.136. The summed E-state index contributed by atoms with van der Waals surface area (Å²) in [6.07, 6.45) is 0.905. The molecule has 0 radical (unpaired) electrons. The summed E-state index contributed by atoms with van der Waals surface area (Å²) in [5.41, 5.74) is 12.3. The number of nitrogens with one attached hydrogen (secondary N) is 1. The first-order valence-electron chi connectivity index (χ1n) is 12.2. The Morgan fingerprint density at radius 3 is 2.51 bits per heavy atom. The molecule has 6 N–H and O–H groups in total. The van der Waals surface area contributed by atoms with E-state index >= 15 is 0 Å². The van der Waals surface area contributed by atoms with Crippen molar-refractivity contribution in [3.8, 4) is 11.1 Å². The number of halogens is 3. The first kappa shape index (κ1) is 26.8. The quantitative estimate of drug-likeness (QED) is 0.269. The predicted molar refractivity (Wildman–Crippen MR) is 143 cm³/mol. The Labute approximate surface area is 225 Å². The molecule has 0 saturated carbocycles. The Balaban J connectivity index is 1.22. The van der Waals surface area contributed by atoms with Gasteiger partial charge in [-0.25, -0.2) is 4.98 Å². The highest BCUT2D eigenvalue weighted by molar-refractivity contribution is 7.21. The maximum absolute atomic E-state index is 13.9. The number of thiophene rings is 1. The van der Waals surface area contributed by atoms with E-state index in [1.165, 1.54) is 0 Å². The SMILES string of the molecule is NC(=O)c1sc2nc(N3CCC(NCC(O)c4ccc(-c5ccncc5)cn4)CC3)cc(C(F)(F)F)c2c1N. The van der Waals surface area contributed by atoms with E-state index in [0.29, 0.717) is 38.2 Å². The average molecular weight is 558 g/mol. The van der Waals surface area contributed by atoms with E-state index in [9.17, 15) is 23.1 Å². The third kappa shape index (κ3) is 5.65. The summed E-state index contributed by atoms with van der Waals surface area (Å²) in [5, 5.41) is 13.7. The monoisotopic (exact) mass is 557 g/mol. The second-order valence-electron chi connectivity index (χ2n) is 9.31. The number of carbonyl (C=O) groups excluding carboxylic acids is 1. The fourth-order valence-corrected chi connectivity index (χ4v) is 5.66. The van der Waals surface area contributed by atoms with Crippen LogP contribution in [-0.2, 0) is 6.18 Å². The number of nitrogens with zero attached hydrogens (tertiary/aromatic N) is 4. The van der Waals surface area contributed by atoms with Crippen LogP contribution < -0.4 is 21.7 Å². The molecule has 4 aromatic heterocycles. The first-order valence-corrected chi connectivity index (χ1v) is 13.1. The van der Waals surface area contributed by atoms with Crippen LogP contribution in [0.15, 0.2) is 48.9 Å². The Kier molecular flexibility index (Phi) is 7.38. The van der Waals surface area contributed by atoms with Gasteiger partial charge >= 0.3 is 6.18 Å². The number of hydrogen-bond donors (Lipinski definition) is 4. The second-order valence-corrected chi connectivity index (χ2v) is 10.3. The van der Waals surface area contributed by atoms with Crippen molar-refractivity contribution in [2.75, 3.05) is 30.3 Å². The Bertz CT molecular complexity index is 1470. The summed E-state index contributed by atoms with van der Waals surface area (Å²) in [7, 11) is 0. The van der Waals surface area contributed by atoms with Gasteiger partial charge in [-0.05, 0) is 42.7 Å². The van der Waals surface area contributed by atoms with E-state index in [1.807, 2.05) is 18.2 Å². The molecule has 1 aliphatic heterocycles. The largest absolute Gasteiger partial charge is 0.417 e. The average Bonchev–Trinajstić information content (AvgIpc) is 3.28. The molecule has 0 bridgehead atoms. The molecule has 13 heteroatoms. The van der Waals surface area contributed by atoms with Gasteiger partial charge in [0.15, 0.2) is 0 Å². The van der Waals surface area contributed by atoms with Crippen molar-refractivity contribution in [3.63, 3.8) is 0 Å². The number of aliphatic hydroxyl groups is 1. The Morgan fingerprint density at radius 1 is 1.18 bits per heavy atom. The zero-order valence-electron chi connectivity index (χ0n) is 20.7. The highest BCUT2D eigenvalue weighted by Gasteiger charge is 2.37. The van der Waals surface area contributed by atoms with Crippen LogP contribution in [0.25, 0.3) is 21.3 Å². The highest BCUT2D eigenvalue weighted by atomic mass is 32.1. The number of nitrogen functional groups attached to an aromatic ring is 1. The first-order chi connectivity index (χ1) is 18.6. The number of rotatable bonds is 7. The molecule has 1 atom stereocenters. The maximum atomic E-state index is 13.9. The molecule has 5 rings (SSSR count). The van der Waals surface area contributed by atoms with Gasteiger partial charge < -0.3 is 26.8 Å². The molecular formula is C26H26F3N7O2S. The third-order valence-corrected chi connectivity index (χ3v) is 7.89. The van der Waals surface area contributed by atoms with Gasteiger partial charge in [0.2, 0.25) is 0 Å². The minimum Gasteiger partial charge on any atom is -0.397 e. The lowest BCUT2D eigenvalue weighted by Gasteiger charge is -2.34. The number of alkyl halides is 3. The summed E-state index contributed by atoms with van der Waals surface area (Å²) < 4.78 is 41.7. The minimum absolute atomic E-state index is 0.0249. The van der Waals surface area contributed by atoms with Crippen molar-refractivity contribution < 1.29 is 23.1 Å². The molecule has 0 aliphatic carbocycles. The van der Waals surface area contributed by atoms with E-state index < -0.39 is 23.8 Å². The van der Waals surface area contributed by atoms with Gasteiger partial charge in [-0.3, -0.25) is 14.8 Å². The van der Waals surface area contributed by atoms with Crippen LogP contribution in [0, 0.1) is 0 Å². The molecule has 1 fully saturated rings. The predicted octanol–water partition coefficient (Wildman–Crippen LogP) is 3.75. The van der Waals surface area contributed by atoms with Crippen LogP contribution in [0.1, 0.15) is 39.9 Å². The van der Waals surface area contributed by atoms with Gasteiger partial charge in [-0.2, -0.15) is 13.2 Å². The minimum atomic E-state index is -4.68. The van der Waals surface area contributed by atoms with Gasteiger partial charge in [0.25, 0.3) is 5.91 Å². The lowest BCUT2D eigenvalue weighted by Crippen LogP contribution is -2.44. The summed E-state index contributed by atoms with van der Waals surface area (Å²) in [4.78, 5) is 26.1. The molecular weight excluding hydrogens is 531 g/mol. The van der Waals surface area contributed by atoms with Crippen molar-refractivity contribution >= 4 is 39.0 Å². The number of nitrogens with two attached hydrogens (primary N) is 2. The molecule has 1 saturated heterocycles. The number of carbonyl (C=O) groups is 1. The maximum Gasteiger partial charge on any atom is 0.417 e. The molecule has 4 aromatic rings. The van der Waals surface area contributed by atoms with E-state index in [1.54, 1.807) is 29.6 Å². The van der Waals surface area contributed by atoms with Gasteiger partial charge in [-0.15, -0.1) is 11.3 Å². The zero-order valence-corrected chi connectivity index (χ0v) is 21.5. The summed E-state index contributed by atoms with van der Waals surface area (Å²) in [6, 6.07) is 8.49. The summed E-state index contributed by atoms with van der Waals surface area (Å²) >= 11 is 0.764. The highest BCUT2D eigenvalue weighted by Crippen LogP contribution is 2.43. The fraction of sp³-hybridized carbons (Fsp3) is 0.308. The number of pyridine rings is 3. The molecule has 9 nitrogen and oxygen atoms in total. The number of piperidine rings is 1. The summed E-state index contributed by atoms with van der Waals surface area (Å²) in [6.45, 7) is 1.22. The van der Waals surface area contributed by atoms with E-state index in [0.717, 1.165) is 28.5 Å². The third-order valence-electron chi connectivity index (χ3n) is 6.77. The van der Waals surface area contributed by atoms with Crippen LogP contribution in [0.3, 0.4) is 0 Å². The molecule has 204 valence electrons. The number of fused-ring (bicyclic) bond motifs is 1. The van der Waals surface area contributed by atoms with Crippen LogP contribution >= 0.6 is 11.3 Å². The Hall–Kier alpha value is -3.81. The van der Waals surface area contributed by atoms with Crippen molar-refractivity contribution in [2.45, 2.75) is 31.2 Å². The van der Waals surface area contributed by atoms with Gasteiger partial charge in [0.1, 0.15) is 21.6 Å². The van der Waals surface area contributed by atoms with Crippen molar-refractivity contribution in [1.82, 2.24) is 20.3 Å². The van der Waals surface area contributed by atoms with E-state index in [-0.39, 0.29) is 32.6 Å². The standard InChI is InChI=1S/C26H26F3N7O2S/c27-26(28,29)17-11-20(35-25-21(17)22(30)23(39-25)24(31)38)36-9-5-16(6-10-36)33-13-19(37)18-2-1-15(12-34-18)14-3-7-32-8-4-14/h1-4,7-8,11-12,16,19,33,37H,5-6,9-10,13,30H2,(H2,31,38). The molecule has 39 heavy (non-hydrogen) atoms. The molecule has 1 aliphatic rings. The van der Waals surface area contributed by atoms with Crippen molar-refractivity contribution in [1.29, 1.82) is 0 Å². The normalized spacial score (nSPS) is 15.5. The molecule has 1 amide bonds. The zero-order chi connectivity index (χ0) is 27.7. The number of anilines is 2. The van der Waals surface area contributed by atoms with Crippen molar-refractivity contribution in [2.24, 2.45) is 5.73 Å². The smallest absolute Gasteiger partial charge is 0.397 e. The summed E-state index contributed by atoms with van der Waals surface area (Å²) in [5.74, 6) is -0.719. The number of primary amides is 1. The molecule has 1 unspecified atom stereocenters. The number of aromatic nitrogens is 3. The Morgan fingerprint density at radius 2 is 1.90 bits per heavy atom. The van der Waals surface area contributed by atoms with E-state index in [2.05, 4.69) is 20.3 Å². The number of amides is 1. The number of aliphatic hydroxyl groups excluding tert-OH is 1. The van der Waals surface area contributed by atoms with Gasteiger partial charge in [-0.1, -0.05) is 6.07 Å². The van der Waals surface area contributed by atoms with Crippen molar-refractivity contribution in [3.05, 3.63) is 65.1 Å². The second kappa shape index (κ2) is 10.8. The topological polar surface area (TPSA) is 143 Å².